The van der Waals surface area contributed by atoms with Crippen LogP contribution in [-0.2, 0) is 6.42 Å². The van der Waals surface area contributed by atoms with Gasteiger partial charge in [-0.2, -0.15) is 0 Å². The van der Waals surface area contributed by atoms with Crippen LogP contribution in [0.1, 0.15) is 25.8 Å². The smallest absolute Gasteiger partial charge is 0.0662 e. The zero-order valence-electron chi connectivity index (χ0n) is 10.7. The quantitative estimate of drug-likeness (QED) is 0.733. The van der Waals surface area contributed by atoms with Gasteiger partial charge in [0.25, 0.3) is 0 Å². The Balaban J connectivity index is 2.55. The van der Waals surface area contributed by atoms with E-state index in [1.165, 1.54) is 5.56 Å². The van der Waals surface area contributed by atoms with Gasteiger partial charge in [0, 0.05) is 12.1 Å². The summed E-state index contributed by atoms with van der Waals surface area (Å²) in [6.45, 7) is 4.70. The molecule has 0 radical (unpaired) electrons. The first kappa shape index (κ1) is 13.8. The zero-order chi connectivity index (χ0) is 12.7. The summed E-state index contributed by atoms with van der Waals surface area (Å²) < 4.78 is 0. The highest BCUT2D eigenvalue weighted by atomic mass is 15.0. The fourth-order valence-corrected chi connectivity index (χ4v) is 1.86. The molecule has 92 valence electrons. The Hall–Kier alpha value is -1.30. The second-order valence-electron chi connectivity index (χ2n) is 4.78. The van der Waals surface area contributed by atoms with Gasteiger partial charge in [0.2, 0.25) is 0 Å². The Morgan fingerprint density at radius 3 is 2.59 bits per heavy atom. The standard InChI is InChI=1S/C15H22N2/c1-4-13(2)17-15(3,12-16)11-10-14-8-6-5-7-9-14/h1,5-9,13,17H,10-12,16H2,2-3H3. The van der Waals surface area contributed by atoms with Gasteiger partial charge < -0.3 is 5.73 Å². The Bertz CT molecular complexity index is 366. The van der Waals surface area contributed by atoms with Gasteiger partial charge in [0.15, 0.2) is 0 Å². The van der Waals surface area contributed by atoms with Gasteiger partial charge >= 0.3 is 0 Å². The number of aryl methyl sites for hydroxylation is 1. The molecule has 0 heterocycles. The van der Waals surface area contributed by atoms with Crippen molar-refractivity contribution in [1.29, 1.82) is 0 Å². The van der Waals surface area contributed by atoms with Gasteiger partial charge in [0.1, 0.15) is 0 Å². The molecule has 1 aromatic rings. The van der Waals surface area contributed by atoms with Crippen molar-refractivity contribution in [2.75, 3.05) is 6.54 Å². The Morgan fingerprint density at radius 1 is 1.41 bits per heavy atom. The van der Waals surface area contributed by atoms with E-state index < -0.39 is 0 Å². The third kappa shape index (κ3) is 4.60. The Labute approximate surface area is 105 Å². The van der Waals surface area contributed by atoms with Gasteiger partial charge in [0.05, 0.1) is 6.04 Å². The highest BCUT2D eigenvalue weighted by Gasteiger charge is 2.23. The lowest BCUT2D eigenvalue weighted by molar-refractivity contribution is 0.328. The maximum Gasteiger partial charge on any atom is 0.0662 e. The predicted octanol–water partition coefficient (Wildman–Crippen LogP) is 1.95. The molecule has 2 unspecified atom stereocenters. The summed E-state index contributed by atoms with van der Waals surface area (Å²) in [5.74, 6) is 2.69. The fourth-order valence-electron chi connectivity index (χ4n) is 1.86. The SMILES string of the molecule is C#CC(C)NC(C)(CN)CCc1ccccc1. The van der Waals surface area contributed by atoms with Crippen LogP contribution in [0, 0.1) is 12.3 Å². The summed E-state index contributed by atoms with van der Waals surface area (Å²) in [6.07, 6.45) is 7.39. The summed E-state index contributed by atoms with van der Waals surface area (Å²) in [5, 5.41) is 3.40. The van der Waals surface area contributed by atoms with Crippen molar-refractivity contribution >= 4 is 0 Å². The van der Waals surface area contributed by atoms with Crippen molar-refractivity contribution in [3.63, 3.8) is 0 Å². The molecule has 0 aliphatic rings. The molecular formula is C15H22N2. The molecule has 1 rings (SSSR count). The molecule has 2 nitrogen and oxygen atoms in total. The first-order valence-corrected chi connectivity index (χ1v) is 6.07. The van der Waals surface area contributed by atoms with E-state index in [-0.39, 0.29) is 11.6 Å². The minimum absolute atomic E-state index is 0.0549. The molecule has 0 amide bonds. The topological polar surface area (TPSA) is 38.0 Å². The van der Waals surface area contributed by atoms with Crippen LogP contribution < -0.4 is 11.1 Å². The lowest BCUT2D eigenvalue weighted by Crippen LogP contribution is -2.52. The summed E-state index contributed by atoms with van der Waals surface area (Å²) in [7, 11) is 0. The molecule has 2 heteroatoms. The van der Waals surface area contributed by atoms with Crippen molar-refractivity contribution in [2.24, 2.45) is 5.73 Å². The van der Waals surface area contributed by atoms with Crippen LogP contribution in [0.4, 0.5) is 0 Å². The Morgan fingerprint density at radius 2 is 2.06 bits per heavy atom. The monoisotopic (exact) mass is 230 g/mol. The number of rotatable bonds is 6. The molecule has 0 aliphatic heterocycles. The first-order valence-electron chi connectivity index (χ1n) is 6.07. The van der Waals surface area contributed by atoms with Gasteiger partial charge in [-0.1, -0.05) is 36.3 Å². The molecule has 3 N–H and O–H groups in total. The molecule has 0 spiro atoms. The van der Waals surface area contributed by atoms with Crippen molar-refractivity contribution in [3.05, 3.63) is 35.9 Å². The zero-order valence-corrected chi connectivity index (χ0v) is 10.7. The third-order valence-corrected chi connectivity index (χ3v) is 3.07. The highest BCUT2D eigenvalue weighted by molar-refractivity contribution is 5.15. The summed E-state index contributed by atoms with van der Waals surface area (Å²) in [4.78, 5) is 0. The van der Waals surface area contributed by atoms with Crippen molar-refractivity contribution in [1.82, 2.24) is 5.32 Å². The second kappa shape index (κ2) is 6.44. The van der Waals surface area contributed by atoms with E-state index in [9.17, 15) is 0 Å². The van der Waals surface area contributed by atoms with E-state index in [1.807, 2.05) is 13.0 Å². The van der Waals surface area contributed by atoms with E-state index in [4.69, 9.17) is 12.2 Å². The molecule has 0 fully saturated rings. The normalized spacial score (nSPS) is 15.9. The van der Waals surface area contributed by atoms with Crippen molar-refractivity contribution in [2.45, 2.75) is 38.3 Å². The maximum atomic E-state index is 5.84. The van der Waals surface area contributed by atoms with Gasteiger partial charge in [-0.05, 0) is 32.3 Å². The molecule has 0 saturated heterocycles. The van der Waals surface area contributed by atoms with Crippen molar-refractivity contribution in [3.8, 4) is 12.3 Å². The van der Waals surface area contributed by atoms with Crippen LogP contribution >= 0.6 is 0 Å². The molecule has 0 aromatic heterocycles. The highest BCUT2D eigenvalue weighted by Crippen LogP contribution is 2.14. The number of terminal acetylenes is 1. The van der Waals surface area contributed by atoms with E-state index in [0.717, 1.165) is 12.8 Å². The summed E-state index contributed by atoms with van der Waals surface area (Å²) in [6, 6.07) is 10.5. The lowest BCUT2D eigenvalue weighted by atomic mass is 9.92. The van der Waals surface area contributed by atoms with Crippen LogP contribution in [0.2, 0.25) is 0 Å². The van der Waals surface area contributed by atoms with Crippen LogP contribution in [0.25, 0.3) is 0 Å². The molecule has 0 bridgehead atoms. The molecule has 0 saturated carbocycles. The number of hydrogen-bond acceptors (Lipinski definition) is 2. The first-order chi connectivity index (χ1) is 8.09. The van der Waals surface area contributed by atoms with E-state index in [2.05, 4.69) is 42.4 Å². The second-order valence-corrected chi connectivity index (χ2v) is 4.78. The summed E-state index contributed by atoms with van der Waals surface area (Å²) >= 11 is 0. The minimum atomic E-state index is -0.0956. The molecule has 2 atom stereocenters. The van der Waals surface area contributed by atoms with Gasteiger partial charge in [-0.3, -0.25) is 5.32 Å². The van der Waals surface area contributed by atoms with Crippen LogP contribution in [0.15, 0.2) is 30.3 Å². The maximum absolute atomic E-state index is 5.84. The van der Waals surface area contributed by atoms with Gasteiger partial charge in [-0.15, -0.1) is 6.42 Å². The molecule has 17 heavy (non-hydrogen) atoms. The number of benzene rings is 1. The van der Waals surface area contributed by atoms with E-state index in [1.54, 1.807) is 0 Å². The van der Waals surface area contributed by atoms with Gasteiger partial charge in [-0.25, -0.2) is 0 Å². The van der Waals surface area contributed by atoms with Crippen LogP contribution in [0.5, 0.6) is 0 Å². The third-order valence-electron chi connectivity index (χ3n) is 3.07. The van der Waals surface area contributed by atoms with Crippen molar-refractivity contribution < 1.29 is 0 Å². The number of nitrogens with two attached hydrogens (primary N) is 1. The van der Waals surface area contributed by atoms with Crippen LogP contribution in [0.3, 0.4) is 0 Å². The van der Waals surface area contributed by atoms with E-state index >= 15 is 0 Å². The summed E-state index contributed by atoms with van der Waals surface area (Å²) in [5.41, 5.74) is 7.08. The number of hydrogen-bond donors (Lipinski definition) is 2. The largest absolute Gasteiger partial charge is 0.329 e. The van der Waals surface area contributed by atoms with Crippen LogP contribution in [-0.4, -0.2) is 18.1 Å². The average molecular weight is 230 g/mol. The minimum Gasteiger partial charge on any atom is -0.329 e. The van der Waals surface area contributed by atoms with E-state index in [0.29, 0.717) is 6.54 Å². The molecule has 1 aromatic carbocycles. The average Bonchev–Trinajstić information content (AvgIpc) is 2.37. The fraction of sp³-hybridized carbons (Fsp3) is 0.467. The predicted molar refractivity (Wildman–Crippen MR) is 73.7 cm³/mol. The number of nitrogens with one attached hydrogen (secondary N) is 1. The molecular weight excluding hydrogens is 208 g/mol. The Kier molecular flexibility index (Phi) is 5.21. The molecule has 0 aliphatic carbocycles. The lowest BCUT2D eigenvalue weighted by Gasteiger charge is -2.31.